The Morgan fingerprint density at radius 1 is 1.03 bits per heavy atom. The molecule has 1 amide bonds. The summed E-state index contributed by atoms with van der Waals surface area (Å²) in [6.07, 6.45) is 3.19. The lowest BCUT2D eigenvalue weighted by Crippen LogP contribution is -2.51. The number of rotatable bonds is 8. The van der Waals surface area contributed by atoms with Gasteiger partial charge < -0.3 is 14.4 Å². The molecule has 0 radical (unpaired) electrons. The minimum atomic E-state index is -0.201. The van der Waals surface area contributed by atoms with Gasteiger partial charge >= 0.3 is 0 Å². The zero-order valence-corrected chi connectivity index (χ0v) is 22.7. The van der Waals surface area contributed by atoms with Gasteiger partial charge in [-0.05, 0) is 56.3 Å². The summed E-state index contributed by atoms with van der Waals surface area (Å²) in [6, 6.07) is 16.0. The fourth-order valence-electron chi connectivity index (χ4n) is 4.77. The van der Waals surface area contributed by atoms with E-state index in [2.05, 4.69) is 9.88 Å². The Morgan fingerprint density at radius 2 is 1.77 bits per heavy atom. The number of pyridine rings is 1. The summed E-state index contributed by atoms with van der Waals surface area (Å²) in [5.74, 6) is 1.74. The van der Waals surface area contributed by atoms with Crippen molar-refractivity contribution in [2.45, 2.75) is 19.9 Å². The lowest BCUT2D eigenvalue weighted by molar-refractivity contribution is -0.135. The molecule has 1 fully saturated rings. The summed E-state index contributed by atoms with van der Waals surface area (Å²) in [6.45, 7) is 6.73. The highest BCUT2D eigenvalue weighted by atomic mass is 35.5. The average molecular weight is 548 g/mol. The molecule has 1 atom stereocenters. The van der Waals surface area contributed by atoms with Crippen molar-refractivity contribution < 1.29 is 14.3 Å². The number of piperazine rings is 1. The first kappa shape index (κ1) is 26.6. The molecule has 0 saturated carbocycles. The molecule has 9 nitrogen and oxygen atoms in total. The van der Waals surface area contributed by atoms with Crippen molar-refractivity contribution in [1.29, 1.82) is 0 Å². The van der Waals surface area contributed by atoms with E-state index in [1.807, 2.05) is 38.1 Å². The number of fused-ring (bicyclic) bond motifs is 1. The number of amides is 1. The van der Waals surface area contributed by atoms with E-state index in [0.717, 1.165) is 0 Å². The predicted octanol–water partition coefficient (Wildman–Crippen LogP) is 4.12. The van der Waals surface area contributed by atoms with Crippen LogP contribution < -0.4 is 15.0 Å². The monoisotopic (exact) mass is 547 g/mol. The molecule has 4 aromatic rings. The maximum Gasteiger partial charge on any atom is 0.267 e. The standard InChI is InChI=1S/C29H30ClN5O4/c1-3-38-26-7-5-4-6-25(26)35-28(32-24-12-13-31-18-23(24)29(35)37)20(2)33-14-16-34(17-15-33)27(36)19-39-22-10-8-21(30)9-11-22/h4-13,18,20H,3,14-17,19H2,1-2H3. The van der Waals surface area contributed by atoms with Gasteiger partial charge in [0.2, 0.25) is 0 Å². The van der Waals surface area contributed by atoms with Crippen LogP contribution in [0.4, 0.5) is 0 Å². The summed E-state index contributed by atoms with van der Waals surface area (Å²) >= 11 is 5.92. The summed E-state index contributed by atoms with van der Waals surface area (Å²) < 4.78 is 13.1. The third kappa shape index (κ3) is 5.74. The third-order valence-electron chi connectivity index (χ3n) is 6.87. The van der Waals surface area contributed by atoms with Crippen LogP contribution in [0, 0.1) is 0 Å². The van der Waals surface area contributed by atoms with Crippen molar-refractivity contribution in [2.24, 2.45) is 0 Å². The first-order valence-corrected chi connectivity index (χ1v) is 13.3. The van der Waals surface area contributed by atoms with Crippen molar-refractivity contribution >= 4 is 28.4 Å². The van der Waals surface area contributed by atoms with Crippen LogP contribution in [-0.2, 0) is 4.79 Å². The number of carbonyl (C=O) groups is 1. The van der Waals surface area contributed by atoms with Gasteiger partial charge in [-0.3, -0.25) is 24.0 Å². The Kier molecular flexibility index (Phi) is 8.09. The molecule has 2 aromatic heterocycles. The number of aromatic nitrogens is 3. The molecule has 2 aromatic carbocycles. The second kappa shape index (κ2) is 11.8. The van der Waals surface area contributed by atoms with Crippen LogP contribution in [0.25, 0.3) is 16.6 Å². The predicted molar refractivity (Wildman–Crippen MR) is 150 cm³/mol. The van der Waals surface area contributed by atoms with Gasteiger partial charge in [-0.2, -0.15) is 0 Å². The van der Waals surface area contributed by atoms with Crippen LogP contribution in [0.15, 0.2) is 71.8 Å². The van der Waals surface area contributed by atoms with Crippen molar-refractivity contribution in [3.8, 4) is 17.2 Å². The summed E-state index contributed by atoms with van der Waals surface area (Å²) in [5.41, 5.74) is 1.03. The normalized spacial score (nSPS) is 14.8. The van der Waals surface area contributed by atoms with Gasteiger partial charge in [0.1, 0.15) is 17.3 Å². The number of ether oxygens (including phenoxy) is 2. The highest BCUT2D eigenvalue weighted by molar-refractivity contribution is 6.30. The molecule has 5 rings (SSSR count). The largest absolute Gasteiger partial charge is 0.492 e. The fraction of sp³-hybridized carbons (Fsp3) is 0.310. The van der Waals surface area contributed by atoms with Gasteiger partial charge in [-0.15, -0.1) is 0 Å². The first-order chi connectivity index (χ1) is 19.0. The highest BCUT2D eigenvalue weighted by Gasteiger charge is 2.29. The van der Waals surface area contributed by atoms with Gasteiger partial charge in [-0.1, -0.05) is 23.7 Å². The zero-order valence-electron chi connectivity index (χ0n) is 21.9. The van der Waals surface area contributed by atoms with Crippen molar-refractivity contribution in [2.75, 3.05) is 39.4 Å². The Morgan fingerprint density at radius 3 is 2.51 bits per heavy atom. The van der Waals surface area contributed by atoms with Crippen molar-refractivity contribution in [3.05, 3.63) is 88.2 Å². The van der Waals surface area contributed by atoms with E-state index < -0.39 is 0 Å². The molecule has 1 aliphatic rings. The Hall–Kier alpha value is -3.95. The van der Waals surface area contributed by atoms with Gasteiger partial charge in [0.25, 0.3) is 11.5 Å². The summed E-state index contributed by atoms with van der Waals surface area (Å²) in [7, 11) is 0. The Labute approximate surface area is 231 Å². The maximum atomic E-state index is 13.8. The molecule has 0 spiro atoms. The molecular formula is C29H30ClN5O4. The van der Waals surface area contributed by atoms with Crippen LogP contribution in [0.3, 0.4) is 0 Å². The highest BCUT2D eigenvalue weighted by Crippen LogP contribution is 2.28. The van der Waals surface area contributed by atoms with E-state index in [0.29, 0.717) is 71.7 Å². The number of nitrogens with zero attached hydrogens (tertiary/aromatic N) is 5. The minimum Gasteiger partial charge on any atom is -0.492 e. The zero-order chi connectivity index (χ0) is 27.4. The quantitative estimate of drug-likeness (QED) is 0.328. The van der Waals surface area contributed by atoms with E-state index >= 15 is 0 Å². The second-order valence-electron chi connectivity index (χ2n) is 9.24. The van der Waals surface area contributed by atoms with Crippen LogP contribution in [-0.4, -0.2) is 69.6 Å². The second-order valence-corrected chi connectivity index (χ2v) is 9.68. The number of hydrogen-bond acceptors (Lipinski definition) is 7. The average Bonchev–Trinajstić information content (AvgIpc) is 2.97. The molecule has 1 aliphatic heterocycles. The van der Waals surface area contributed by atoms with Gasteiger partial charge in [0, 0.05) is 43.6 Å². The van der Waals surface area contributed by atoms with Crippen LogP contribution >= 0.6 is 11.6 Å². The van der Waals surface area contributed by atoms with Crippen molar-refractivity contribution in [1.82, 2.24) is 24.3 Å². The molecule has 202 valence electrons. The van der Waals surface area contributed by atoms with E-state index in [1.54, 1.807) is 52.2 Å². The van der Waals surface area contributed by atoms with Gasteiger partial charge in [-0.25, -0.2) is 4.98 Å². The SMILES string of the molecule is CCOc1ccccc1-n1c(C(C)N2CCN(C(=O)COc3ccc(Cl)cc3)CC2)nc2ccncc2c1=O. The van der Waals surface area contributed by atoms with E-state index in [4.69, 9.17) is 26.1 Å². The molecule has 0 bridgehead atoms. The molecule has 10 heteroatoms. The lowest BCUT2D eigenvalue weighted by Gasteiger charge is -2.38. The van der Waals surface area contributed by atoms with E-state index in [9.17, 15) is 9.59 Å². The Bertz CT molecular complexity index is 1520. The third-order valence-corrected chi connectivity index (χ3v) is 7.12. The van der Waals surface area contributed by atoms with Crippen LogP contribution in [0.5, 0.6) is 11.5 Å². The van der Waals surface area contributed by atoms with E-state index in [1.165, 1.54) is 0 Å². The minimum absolute atomic E-state index is 0.0365. The van der Waals surface area contributed by atoms with Gasteiger partial charge in [0.15, 0.2) is 6.61 Å². The smallest absolute Gasteiger partial charge is 0.267 e. The number of para-hydroxylation sites is 2. The topological polar surface area (TPSA) is 89.8 Å². The van der Waals surface area contributed by atoms with Crippen molar-refractivity contribution in [3.63, 3.8) is 0 Å². The molecule has 0 N–H and O–H groups in total. The first-order valence-electron chi connectivity index (χ1n) is 13.0. The lowest BCUT2D eigenvalue weighted by atomic mass is 10.1. The van der Waals surface area contributed by atoms with Gasteiger partial charge in [0.05, 0.1) is 29.2 Å². The molecule has 1 saturated heterocycles. The Balaban J connectivity index is 1.37. The molecular weight excluding hydrogens is 518 g/mol. The number of halogens is 1. The molecule has 1 unspecified atom stereocenters. The fourth-order valence-corrected chi connectivity index (χ4v) is 4.89. The maximum absolute atomic E-state index is 13.8. The number of hydrogen-bond donors (Lipinski definition) is 0. The summed E-state index contributed by atoms with van der Waals surface area (Å²) in [4.78, 5) is 39.7. The number of carbonyl (C=O) groups excluding carboxylic acids is 1. The van der Waals surface area contributed by atoms with Crippen LogP contribution in [0.2, 0.25) is 5.02 Å². The number of benzene rings is 2. The molecule has 0 aliphatic carbocycles. The molecule has 39 heavy (non-hydrogen) atoms. The molecule has 3 heterocycles. The van der Waals surface area contributed by atoms with E-state index in [-0.39, 0.29) is 24.1 Å². The summed E-state index contributed by atoms with van der Waals surface area (Å²) in [5, 5.41) is 1.05. The van der Waals surface area contributed by atoms with Crippen LogP contribution in [0.1, 0.15) is 25.7 Å².